The Morgan fingerprint density at radius 1 is 1.09 bits per heavy atom. The molecule has 0 aromatic rings. The molecule has 0 saturated heterocycles. The van der Waals surface area contributed by atoms with E-state index in [2.05, 4.69) is 5.32 Å². The van der Waals surface area contributed by atoms with Crippen LogP contribution in [0, 0.1) is 5.92 Å². The van der Waals surface area contributed by atoms with Crippen molar-refractivity contribution in [1.82, 2.24) is 5.32 Å². The van der Waals surface area contributed by atoms with E-state index >= 15 is 0 Å². The van der Waals surface area contributed by atoms with Crippen LogP contribution in [0.4, 0.5) is 0 Å². The van der Waals surface area contributed by atoms with E-state index in [1.54, 1.807) is 0 Å². The third-order valence-corrected chi connectivity index (χ3v) is 1.51. The molecule has 1 unspecified atom stereocenters. The van der Waals surface area contributed by atoms with Gasteiger partial charge in [0.05, 0.1) is 19.3 Å². The van der Waals surface area contributed by atoms with Crippen LogP contribution in [0.3, 0.4) is 0 Å². The molecule has 4 nitrogen and oxygen atoms in total. The predicted octanol–water partition coefficient (Wildman–Crippen LogP) is -1.44. The highest BCUT2D eigenvalue weighted by molar-refractivity contribution is 4.65. The fourth-order valence-electron chi connectivity index (χ4n) is 0.619. The Kier molecular flexibility index (Phi) is 6.45. The largest absolute Gasteiger partial charge is 0.396 e. The van der Waals surface area contributed by atoms with Crippen LogP contribution in [0.2, 0.25) is 0 Å². The summed E-state index contributed by atoms with van der Waals surface area (Å²) in [6.07, 6.45) is 0. The zero-order valence-corrected chi connectivity index (χ0v) is 6.82. The average molecular weight is 163 g/mol. The molecule has 11 heavy (non-hydrogen) atoms. The van der Waals surface area contributed by atoms with Crippen LogP contribution in [-0.2, 0) is 0 Å². The van der Waals surface area contributed by atoms with Gasteiger partial charge in [-0.25, -0.2) is 0 Å². The van der Waals surface area contributed by atoms with Gasteiger partial charge in [0, 0.05) is 13.2 Å². The van der Waals surface area contributed by atoms with Crippen molar-refractivity contribution in [2.75, 3.05) is 26.4 Å². The van der Waals surface area contributed by atoms with Gasteiger partial charge in [0.2, 0.25) is 0 Å². The van der Waals surface area contributed by atoms with E-state index in [-0.39, 0.29) is 31.8 Å². The molecule has 0 bridgehead atoms. The molecule has 0 aliphatic rings. The molecule has 0 saturated carbocycles. The van der Waals surface area contributed by atoms with Crippen LogP contribution in [0.25, 0.3) is 0 Å². The number of aliphatic hydroxyl groups is 3. The fraction of sp³-hybridized carbons (Fsp3) is 1.00. The van der Waals surface area contributed by atoms with Gasteiger partial charge in [-0.3, -0.25) is 0 Å². The second-order valence-electron chi connectivity index (χ2n) is 2.76. The van der Waals surface area contributed by atoms with Crippen LogP contribution in [0.5, 0.6) is 0 Å². The Labute approximate surface area is 66.9 Å². The lowest BCUT2D eigenvalue weighted by Crippen LogP contribution is -2.38. The summed E-state index contributed by atoms with van der Waals surface area (Å²) in [5.74, 6) is 0.163. The average Bonchev–Trinajstić information content (AvgIpc) is 2.06. The Morgan fingerprint density at radius 2 is 1.64 bits per heavy atom. The molecule has 1 atom stereocenters. The minimum absolute atomic E-state index is 0.0748. The molecule has 0 heterocycles. The van der Waals surface area contributed by atoms with Gasteiger partial charge < -0.3 is 20.6 Å². The Bertz CT molecular complexity index is 85.8. The lowest BCUT2D eigenvalue weighted by molar-refractivity contribution is 0.160. The quantitative estimate of drug-likeness (QED) is 0.387. The van der Waals surface area contributed by atoms with E-state index in [1.165, 1.54) is 0 Å². The molecule has 0 fully saturated rings. The summed E-state index contributed by atoms with van der Waals surface area (Å²) in [6, 6.07) is -0.260. The zero-order chi connectivity index (χ0) is 8.69. The van der Waals surface area contributed by atoms with Gasteiger partial charge in [-0.05, 0) is 5.92 Å². The van der Waals surface area contributed by atoms with Gasteiger partial charge in [-0.2, -0.15) is 0 Å². The Balaban J connectivity index is 3.34. The first-order valence-corrected chi connectivity index (χ1v) is 3.80. The summed E-state index contributed by atoms with van der Waals surface area (Å²) in [6.45, 7) is 2.47. The molecule has 0 aromatic heterocycles. The van der Waals surface area contributed by atoms with E-state index < -0.39 is 0 Å². The summed E-state index contributed by atoms with van der Waals surface area (Å²) in [5.41, 5.74) is 0. The summed E-state index contributed by atoms with van der Waals surface area (Å²) >= 11 is 0. The first-order chi connectivity index (χ1) is 5.24. The lowest BCUT2D eigenvalue weighted by Gasteiger charge is -2.15. The van der Waals surface area contributed by atoms with E-state index in [4.69, 9.17) is 15.3 Å². The SMILES string of the molecule is CC(CO)CNC(CO)CO. The third-order valence-electron chi connectivity index (χ3n) is 1.51. The van der Waals surface area contributed by atoms with Crippen LogP contribution in [0.1, 0.15) is 6.92 Å². The van der Waals surface area contributed by atoms with E-state index in [9.17, 15) is 0 Å². The van der Waals surface area contributed by atoms with Crippen molar-refractivity contribution in [3.05, 3.63) is 0 Å². The van der Waals surface area contributed by atoms with Crippen molar-refractivity contribution in [1.29, 1.82) is 0 Å². The number of hydrogen-bond acceptors (Lipinski definition) is 4. The highest BCUT2D eigenvalue weighted by atomic mass is 16.3. The van der Waals surface area contributed by atoms with Crippen molar-refractivity contribution in [2.24, 2.45) is 5.92 Å². The van der Waals surface area contributed by atoms with Gasteiger partial charge >= 0.3 is 0 Å². The molecule has 68 valence electrons. The normalized spacial score (nSPS) is 13.9. The zero-order valence-electron chi connectivity index (χ0n) is 6.82. The van der Waals surface area contributed by atoms with Crippen molar-refractivity contribution in [3.8, 4) is 0 Å². The second-order valence-corrected chi connectivity index (χ2v) is 2.76. The van der Waals surface area contributed by atoms with Gasteiger partial charge in [0.25, 0.3) is 0 Å². The molecule has 0 radical (unpaired) electrons. The molecular weight excluding hydrogens is 146 g/mol. The van der Waals surface area contributed by atoms with Gasteiger partial charge in [-0.1, -0.05) is 6.92 Å². The standard InChI is InChI=1S/C7H17NO3/c1-6(3-9)2-8-7(4-10)5-11/h6-11H,2-5H2,1H3. The Morgan fingerprint density at radius 3 is 2.00 bits per heavy atom. The lowest BCUT2D eigenvalue weighted by atomic mass is 10.2. The van der Waals surface area contributed by atoms with Crippen molar-refractivity contribution < 1.29 is 15.3 Å². The summed E-state index contributed by atoms with van der Waals surface area (Å²) in [4.78, 5) is 0. The fourth-order valence-corrected chi connectivity index (χ4v) is 0.619. The number of nitrogens with one attached hydrogen (secondary N) is 1. The second kappa shape index (κ2) is 6.54. The van der Waals surface area contributed by atoms with E-state index in [1.807, 2.05) is 6.92 Å². The molecule has 0 spiro atoms. The summed E-state index contributed by atoms with van der Waals surface area (Å²) < 4.78 is 0. The Hall–Kier alpha value is -0.160. The predicted molar refractivity (Wildman–Crippen MR) is 42.2 cm³/mol. The maximum atomic E-state index is 8.63. The maximum Gasteiger partial charge on any atom is 0.0607 e. The molecule has 0 aliphatic carbocycles. The van der Waals surface area contributed by atoms with E-state index in [0.717, 1.165) is 0 Å². The van der Waals surface area contributed by atoms with Crippen molar-refractivity contribution >= 4 is 0 Å². The first-order valence-electron chi connectivity index (χ1n) is 3.80. The monoisotopic (exact) mass is 163 g/mol. The number of aliphatic hydroxyl groups excluding tert-OH is 3. The van der Waals surface area contributed by atoms with Gasteiger partial charge in [-0.15, -0.1) is 0 Å². The highest BCUT2D eigenvalue weighted by Crippen LogP contribution is 1.90. The van der Waals surface area contributed by atoms with Gasteiger partial charge in [0.15, 0.2) is 0 Å². The molecule has 0 amide bonds. The molecule has 0 rings (SSSR count). The van der Waals surface area contributed by atoms with Crippen molar-refractivity contribution in [2.45, 2.75) is 13.0 Å². The summed E-state index contributed by atoms with van der Waals surface area (Å²) in [5, 5.41) is 28.8. The first kappa shape index (κ1) is 10.8. The highest BCUT2D eigenvalue weighted by Gasteiger charge is 2.06. The molecule has 0 aromatic carbocycles. The van der Waals surface area contributed by atoms with Crippen molar-refractivity contribution in [3.63, 3.8) is 0 Å². The number of rotatable bonds is 6. The minimum atomic E-state index is -0.260. The van der Waals surface area contributed by atoms with Crippen LogP contribution in [-0.4, -0.2) is 47.7 Å². The number of hydrogen-bond donors (Lipinski definition) is 4. The molecule has 0 aliphatic heterocycles. The third kappa shape index (κ3) is 5.15. The van der Waals surface area contributed by atoms with Crippen LogP contribution >= 0.6 is 0 Å². The minimum Gasteiger partial charge on any atom is -0.396 e. The molecular formula is C7H17NO3. The van der Waals surface area contributed by atoms with Gasteiger partial charge in [0.1, 0.15) is 0 Å². The van der Waals surface area contributed by atoms with E-state index in [0.29, 0.717) is 6.54 Å². The summed E-state index contributed by atoms with van der Waals surface area (Å²) in [7, 11) is 0. The maximum absolute atomic E-state index is 8.63. The topological polar surface area (TPSA) is 72.7 Å². The molecule has 4 N–H and O–H groups in total. The van der Waals surface area contributed by atoms with Crippen LogP contribution < -0.4 is 5.32 Å². The molecule has 4 heteroatoms. The smallest absolute Gasteiger partial charge is 0.0607 e. The van der Waals surface area contributed by atoms with Crippen LogP contribution in [0.15, 0.2) is 0 Å².